The van der Waals surface area contributed by atoms with Crippen molar-refractivity contribution in [2.75, 3.05) is 20.8 Å². The first-order valence-electron chi connectivity index (χ1n) is 13.4. The SMILES string of the molecule is COC(=O)C1=C(C(=O)OC)[C@]2(C3CCCCNC(Cc4ccccc4)C(=O)N3Cc3ccccc3)C=CC1O2. The average molecular weight is 531 g/mol. The molecule has 4 atom stereocenters. The number of carbonyl (C=O) groups is 3. The third-order valence-electron chi connectivity index (χ3n) is 7.81. The molecule has 3 aliphatic rings. The van der Waals surface area contributed by atoms with Crippen molar-refractivity contribution in [2.24, 2.45) is 0 Å². The lowest BCUT2D eigenvalue weighted by atomic mass is 9.78. The summed E-state index contributed by atoms with van der Waals surface area (Å²) in [5.74, 6) is -1.38. The Morgan fingerprint density at radius 1 is 0.974 bits per heavy atom. The van der Waals surface area contributed by atoms with E-state index in [1.807, 2.05) is 71.6 Å². The maximum atomic E-state index is 14.5. The summed E-state index contributed by atoms with van der Waals surface area (Å²) in [6, 6.07) is 18.7. The molecule has 0 radical (unpaired) electrons. The van der Waals surface area contributed by atoms with Crippen LogP contribution in [0.15, 0.2) is 84.0 Å². The molecule has 1 N–H and O–H groups in total. The second-order valence-electron chi connectivity index (χ2n) is 10.1. The van der Waals surface area contributed by atoms with Crippen LogP contribution in [0.2, 0.25) is 0 Å². The molecule has 204 valence electrons. The van der Waals surface area contributed by atoms with Gasteiger partial charge in [0.05, 0.1) is 37.4 Å². The van der Waals surface area contributed by atoms with Crippen LogP contribution in [-0.4, -0.2) is 67.3 Å². The molecule has 5 rings (SSSR count). The minimum Gasteiger partial charge on any atom is -0.466 e. The Hall–Kier alpha value is -3.75. The summed E-state index contributed by atoms with van der Waals surface area (Å²) in [7, 11) is 2.56. The lowest BCUT2D eigenvalue weighted by molar-refractivity contribution is -0.146. The highest BCUT2D eigenvalue weighted by Crippen LogP contribution is 2.49. The first-order valence-corrected chi connectivity index (χ1v) is 13.4. The van der Waals surface area contributed by atoms with Crippen LogP contribution >= 0.6 is 0 Å². The van der Waals surface area contributed by atoms with Gasteiger partial charge in [0.2, 0.25) is 5.91 Å². The fourth-order valence-corrected chi connectivity index (χ4v) is 5.98. The summed E-state index contributed by atoms with van der Waals surface area (Å²) in [5.41, 5.74) is 0.939. The molecule has 2 aromatic carbocycles. The number of fused-ring (bicyclic) bond motifs is 2. The predicted octanol–water partition coefficient (Wildman–Crippen LogP) is 3.12. The largest absolute Gasteiger partial charge is 0.466 e. The zero-order valence-electron chi connectivity index (χ0n) is 22.3. The quantitative estimate of drug-likeness (QED) is 0.434. The molecule has 2 aromatic rings. The minimum atomic E-state index is -1.33. The first kappa shape index (κ1) is 26.8. The number of esters is 2. The van der Waals surface area contributed by atoms with Crippen LogP contribution in [0.1, 0.15) is 30.4 Å². The van der Waals surface area contributed by atoms with E-state index in [-0.39, 0.29) is 17.1 Å². The van der Waals surface area contributed by atoms with Crippen LogP contribution in [0.4, 0.5) is 0 Å². The molecule has 1 amide bonds. The third kappa shape index (κ3) is 5.14. The van der Waals surface area contributed by atoms with Crippen molar-refractivity contribution in [3.63, 3.8) is 0 Å². The fourth-order valence-electron chi connectivity index (χ4n) is 5.98. The smallest absolute Gasteiger partial charge is 0.337 e. The van der Waals surface area contributed by atoms with Crippen LogP contribution in [0.25, 0.3) is 0 Å². The van der Waals surface area contributed by atoms with Crippen molar-refractivity contribution in [3.05, 3.63) is 95.1 Å². The number of benzene rings is 2. The summed E-state index contributed by atoms with van der Waals surface area (Å²) < 4.78 is 16.7. The van der Waals surface area contributed by atoms with E-state index < -0.39 is 35.7 Å². The van der Waals surface area contributed by atoms with Crippen molar-refractivity contribution in [2.45, 2.75) is 56.0 Å². The van der Waals surface area contributed by atoms with Gasteiger partial charge >= 0.3 is 11.9 Å². The van der Waals surface area contributed by atoms with Crippen LogP contribution in [-0.2, 0) is 41.6 Å². The Morgan fingerprint density at radius 3 is 2.31 bits per heavy atom. The highest BCUT2D eigenvalue weighted by molar-refractivity contribution is 6.05. The van der Waals surface area contributed by atoms with Crippen molar-refractivity contribution < 1.29 is 28.6 Å². The number of amides is 1. The Labute approximate surface area is 228 Å². The molecule has 2 bridgehead atoms. The standard InChI is InChI=1S/C31H34N2O6/c1-37-29(35)26-24-16-17-31(39-24,27(26)30(36)38-2)25-15-9-10-18-32-23(19-21-11-5-3-6-12-21)28(34)33(25)20-22-13-7-4-8-14-22/h3-8,11-14,16-17,23-25,32H,9-10,15,18-20H2,1-2H3/t23?,24?,25?,31-/m1/s1. The third-order valence-corrected chi connectivity index (χ3v) is 7.81. The van der Waals surface area contributed by atoms with E-state index in [1.165, 1.54) is 14.2 Å². The van der Waals surface area contributed by atoms with Gasteiger partial charge in [0.15, 0.2) is 0 Å². The van der Waals surface area contributed by atoms with Crippen LogP contribution in [0, 0.1) is 0 Å². The topological polar surface area (TPSA) is 94.2 Å². The molecule has 0 aromatic heterocycles. The summed E-state index contributed by atoms with van der Waals surface area (Å²) in [4.78, 5) is 42.4. The van der Waals surface area contributed by atoms with Gasteiger partial charge in [-0.3, -0.25) is 4.79 Å². The summed E-state index contributed by atoms with van der Waals surface area (Å²) >= 11 is 0. The molecule has 8 nitrogen and oxygen atoms in total. The number of rotatable bonds is 7. The van der Waals surface area contributed by atoms with E-state index >= 15 is 0 Å². The van der Waals surface area contributed by atoms with E-state index in [0.29, 0.717) is 25.9 Å². The lowest BCUT2D eigenvalue weighted by Gasteiger charge is -2.43. The number of methoxy groups -OCH3 is 2. The highest BCUT2D eigenvalue weighted by Gasteiger charge is 2.60. The van der Waals surface area contributed by atoms with E-state index in [2.05, 4.69) is 5.32 Å². The molecule has 1 saturated heterocycles. The van der Waals surface area contributed by atoms with Crippen molar-refractivity contribution in [1.29, 1.82) is 0 Å². The Bertz CT molecular complexity index is 1270. The van der Waals surface area contributed by atoms with Crippen LogP contribution in [0.3, 0.4) is 0 Å². The van der Waals surface area contributed by atoms with E-state index in [9.17, 15) is 14.4 Å². The maximum absolute atomic E-state index is 14.5. The molecule has 0 spiro atoms. The molecule has 8 heteroatoms. The summed E-state index contributed by atoms with van der Waals surface area (Å²) in [6.45, 7) is 1.01. The molecule has 3 aliphatic heterocycles. The fraction of sp³-hybridized carbons (Fsp3) is 0.387. The second-order valence-corrected chi connectivity index (χ2v) is 10.1. The monoisotopic (exact) mass is 530 g/mol. The number of nitrogens with one attached hydrogen (secondary N) is 1. The van der Waals surface area contributed by atoms with Crippen LogP contribution < -0.4 is 5.32 Å². The summed E-state index contributed by atoms with van der Waals surface area (Å²) in [5, 5.41) is 3.48. The molecule has 0 saturated carbocycles. The van der Waals surface area contributed by atoms with Gasteiger partial charge in [-0.1, -0.05) is 73.2 Å². The Balaban J connectivity index is 1.61. The number of hydrogen-bond donors (Lipinski definition) is 1. The molecule has 1 fully saturated rings. The van der Waals surface area contributed by atoms with E-state index in [4.69, 9.17) is 14.2 Å². The summed E-state index contributed by atoms with van der Waals surface area (Å²) in [6.07, 6.45) is 5.59. The molecule has 0 aliphatic carbocycles. The van der Waals surface area contributed by atoms with Gasteiger partial charge in [-0.15, -0.1) is 0 Å². The minimum absolute atomic E-state index is 0.0832. The zero-order chi connectivity index (χ0) is 27.4. The van der Waals surface area contributed by atoms with E-state index in [1.54, 1.807) is 6.08 Å². The molecular weight excluding hydrogens is 496 g/mol. The molecule has 3 unspecified atom stereocenters. The molecular formula is C31H34N2O6. The number of carbonyl (C=O) groups excluding carboxylic acids is 3. The van der Waals surface area contributed by atoms with E-state index in [0.717, 1.165) is 24.0 Å². The van der Waals surface area contributed by atoms with Gasteiger partial charge in [-0.2, -0.15) is 0 Å². The van der Waals surface area contributed by atoms with Crippen LogP contribution in [0.5, 0.6) is 0 Å². The predicted molar refractivity (Wildman–Crippen MR) is 144 cm³/mol. The molecule has 39 heavy (non-hydrogen) atoms. The number of nitrogens with zero attached hydrogens (tertiary/aromatic N) is 1. The normalized spacial score (nSPS) is 26.7. The number of hydrogen-bond acceptors (Lipinski definition) is 7. The van der Waals surface area contributed by atoms with Gasteiger partial charge in [0.25, 0.3) is 0 Å². The van der Waals surface area contributed by atoms with Crippen molar-refractivity contribution in [3.8, 4) is 0 Å². The Kier molecular flexibility index (Phi) is 7.95. The van der Waals surface area contributed by atoms with Gasteiger partial charge < -0.3 is 24.4 Å². The van der Waals surface area contributed by atoms with Gasteiger partial charge in [0.1, 0.15) is 11.7 Å². The second kappa shape index (κ2) is 11.6. The Morgan fingerprint density at radius 2 is 1.64 bits per heavy atom. The van der Waals surface area contributed by atoms with Gasteiger partial charge in [0, 0.05) is 6.54 Å². The van der Waals surface area contributed by atoms with Gasteiger partial charge in [-0.05, 0) is 43.0 Å². The molecule has 3 heterocycles. The van der Waals surface area contributed by atoms with Gasteiger partial charge in [-0.25, -0.2) is 9.59 Å². The van der Waals surface area contributed by atoms with Crippen molar-refractivity contribution >= 4 is 17.8 Å². The first-order chi connectivity index (χ1) is 19.0. The maximum Gasteiger partial charge on any atom is 0.337 e. The lowest BCUT2D eigenvalue weighted by Crippen LogP contribution is -2.58. The zero-order valence-corrected chi connectivity index (χ0v) is 22.3. The highest BCUT2D eigenvalue weighted by atomic mass is 16.6. The number of ether oxygens (including phenoxy) is 3. The average Bonchev–Trinajstić information content (AvgIpc) is 3.56. The van der Waals surface area contributed by atoms with Crippen molar-refractivity contribution in [1.82, 2.24) is 10.2 Å².